The van der Waals surface area contributed by atoms with Gasteiger partial charge in [-0.25, -0.2) is 0 Å². The van der Waals surface area contributed by atoms with E-state index in [1.807, 2.05) is 25.1 Å². The molecule has 1 fully saturated rings. The van der Waals surface area contributed by atoms with Crippen LogP contribution in [0.4, 0.5) is 5.69 Å². The standard InChI is InChI=1S/C15H22N2O2.ClH/c1-10-6-7-13(14(8-10)19-2)17-15(18)9-11-4-3-5-12(11)16;/h6-8,11-12H,3-5,9,16H2,1-2H3,(H,17,18);1H/t11-,12+;/m0./s1. The van der Waals surface area contributed by atoms with Crippen LogP contribution in [0, 0.1) is 12.8 Å². The van der Waals surface area contributed by atoms with Gasteiger partial charge in [0.25, 0.3) is 0 Å². The van der Waals surface area contributed by atoms with Crippen LogP contribution in [0.15, 0.2) is 18.2 Å². The molecule has 5 heteroatoms. The Hall–Kier alpha value is -1.26. The summed E-state index contributed by atoms with van der Waals surface area (Å²) in [5.74, 6) is 1.03. The van der Waals surface area contributed by atoms with Gasteiger partial charge in [-0.1, -0.05) is 12.5 Å². The Morgan fingerprint density at radius 3 is 2.80 bits per heavy atom. The molecule has 1 aromatic carbocycles. The highest BCUT2D eigenvalue weighted by molar-refractivity contribution is 5.92. The van der Waals surface area contributed by atoms with Crippen LogP contribution in [-0.4, -0.2) is 19.1 Å². The Morgan fingerprint density at radius 2 is 2.20 bits per heavy atom. The number of rotatable bonds is 4. The van der Waals surface area contributed by atoms with Crippen molar-refractivity contribution in [3.63, 3.8) is 0 Å². The van der Waals surface area contributed by atoms with Gasteiger partial charge >= 0.3 is 0 Å². The summed E-state index contributed by atoms with van der Waals surface area (Å²) in [6.45, 7) is 1.99. The molecule has 3 N–H and O–H groups in total. The molecule has 0 aliphatic heterocycles. The molecule has 1 amide bonds. The summed E-state index contributed by atoms with van der Waals surface area (Å²) in [4.78, 5) is 12.0. The third-order valence-corrected chi connectivity index (χ3v) is 3.80. The van der Waals surface area contributed by atoms with Crippen molar-refractivity contribution >= 4 is 24.0 Å². The molecule has 20 heavy (non-hydrogen) atoms. The van der Waals surface area contributed by atoms with Crippen LogP contribution >= 0.6 is 12.4 Å². The van der Waals surface area contributed by atoms with E-state index >= 15 is 0 Å². The Bertz CT molecular complexity index is 465. The lowest BCUT2D eigenvalue weighted by Crippen LogP contribution is -2.28. The topological polar surface area (TPSA) is 64.3 Å². The van der Waals surface area contributed by atoms with E-state index in [-0.39, 0.29) is 24.4 Å². The fourth-order valence-corrected chi connectivity index (χ4v) is 2.66. The maximum absolute atomic E-state index is 12.0. The van der Waals surface area contributed by atoms with Crippen LogP contribution in [0.5, 0.6) is 5.75 Å². The molecule has 0 heterocycles. The number of carbonyl (C=O) groups is 1. The molecule has 0 unspecified atom stereocenters. The first-order chi connectivity index (χ1) is 9.10. The van der Waals surface area contributed by atoms with Crippen LogP contribution in [0.3, 0.4) is 0 Å². The smallest absolute Gasteiger partial charge is 0.224 e. The van der Waals surface area contributed by atoms with Crippen molar-refractivity contribution in [1.29, 1.82) is 0 Å². The molecule has 112 valence electrons. The first-order valence-electron chi connectivity index (χ1n) is 6.80. The third kappa shape index (κ3) is 4.12. The van der Waals surface area contributed by atoms with Gasteiger partial charge in [0.2, 0.25) is 5.91 Å². The summed E-state index contributed by atoms with van der Waals surface area (Å²) in [5.41, 5.74) is 7.82. The number of carbonyl (C=O) groups excluding carboxylic acids is 1. The Labute approximate surface area is 126 Å². The van der Waals surface area contributed by atoms with Crippen molar-refractivity contribution in [3.8, 4) is 5.75 Å². The fraction of sp³-hybridized carbons (Fsp3) is 0.533. The number of benzene rings is 1. The van der Waals surface area contributed by atoms with Gasteiger partial charge in [0, 0.05) is 12.5 Å². The number of nitrogens with one attached hydrogen (secondary N) is 1. The van der Waals surface area contributed by atoms with Gasteiger partial charge in [0.15, 0.2) is 0 Å². The molecular weight excluding hydrogens is 276 g/mol. The van der Waals surface area contributed by atoms with E-state index in [1.54, 1.807) is 7.11 Å². The predicted molar refractivity (Wildman–Crippen MR) is 83.5 cm³/mol. The van der Waals surface area contributed by atoms with Gasteiger partial charge in [-0.15, -0.1) is 12.4 Å². The molecule has 0 radical (unpaired) electrons. The fourth-order valence-electron chi connectivity index (χ4n) is 2.66. The van der Waals surface area contributed by atoms with Gasteiger partial charge in [-0.05, 0) is 43.4 Å². The molecule has 1 aliphatic carbocycles. The van der Waals surface area contributed by atoms with E-state index in [4.69, 9.17) is 10.5 Å². The highest BCUT2D eigenvalue weighted by Gasteiger charge is 2.26. The number of aryl methyl sites for hydroxylation is 1. The molecule has 1 aromatic rings. The minimum Gasteiger partial charge on any atom is -0.495 e. The lowest BCUT2D eigenvalue weighted by Gasteiger charge is -2.16. The summed E-state index contributed by atoms with van der Waals surface area (Å²) >= 11 is 0. The van der Waals surface area contributed by atoms with E-state index in [2.05, 4.69) is 5.32 Å². The summed E-state index contributed by atoms with van der Waals surface area (Å²) in [6, 6.07) is 5.92. The largest absolute Gasteiger partial charge is 0.495 e. The maximum Gasteiger partial charge on any atom is 0.224 e. The van der Waals surface area contributed by atoms with Crippen LogP contribution in [0.2, 0.25) is 0 Å². The van der Waals surface area contributed by atoms with E-state index in [0.717, 1.165) is 30.5 Å². The Morgan fingerprint density at radius 1 is 1.45 bits per heavy atom. The summed E-state index contributed by atoms with van der Waals surface area (Å²) in [6.07, 6.45) is 3.72. The van der Waals surface area contributed by atoms with Crippen molar-refractivity contribution in [2.75, 3.05) is 12.4 Å². The van der Waals surface area contributed by atoms with Gasteiger partial charge in [-0.2, -0.15) is 0 Å². The molecule has 1 aliphatic rings. The minimum atomic E-state index is 0. The zero-order valence-electron chi connectivity index (χ0n) is 12.0. The molecule has 0 saturated heterocycles. The number of hydrogen-bond acceptors (Lipinski definition) is 3. The number of anilines is 1. The monoisotopic (exact) mass is 298 g/mol. The predicted octanol–water partition coefficient (Wildman–Crippen LogP) is 2.88. The quantitative estimate of drug-likeness (QED) is 0.898. The molecule has 0 aromatic heterocycles. The molecule has 0 bridgehead atoms. The van der Waals surface area contributed by atoms with E-state index < -0.39 is 0 Å². The van der Waals surface area contributed by atoms with Crippen molar-refractivity contribution in [2.24, 2.45) is 11.7 Å². The SMILES string of the molecule is COc1cc(C)ccc1NC(=O)C[C@@H]1CCC[C@H]1N.Cl. The molecule has 4 nitrogen and oxygen atoms in total. The van der Waals surface area contributed by atoms with Gasteiger partial charge < -0.3 is 15.8 Å². The summed E-state index contributed by atoms with van der Waals surface area (Å²) in [7, 11) is 1.61. The highest BCUT2D eigenvalue weighted by Crippen LogP contribution is 2.29. The van der Waals surface area contributed by atoms with E-state index in [0.29, 0.717) is 18.1 Å². The average molecular weight is 299 g/mol. The lowest BCUT2D eigenvalue weighted by molar-refractivity contribution is -0.117. The first-order valence-corrected chi connectivity index (χ1v) is 6.80. The van der Waals surface area contributed by atoms with E-state index in [9.17, 15) is 4.79 Å². The number of hydrogen-bond donors (Lipinski definition) is 2. The van der Waals surface area contributed by atoms with Crippen LogP contribution in [0.1, 0.15) is 31.2 Å². The summed E-state index contributed by atoms with van der Waals surface area (Å²) < 4.78 is 5.28. The second kappa shape index (κ2) is 7.50. The first kappa shape index (κ1) is 16.8. The minimum absolute atomic E-state index is 0. The second-order valence-electron chi connectivity index (χ2n) is 5.31. The number of ether oxygens (including phenoxy) is 1. The number of amides is 1. The van der Waals surface area contributed by atoms with Crippen molar-refractivity contribution in [2.45, 2.75) is 38.6 Å². The molecule has 2 rings (SSSR count). The molecular formula is C15H23ClN2O2. The van der Waals surface area contributed by atoms with Crippen LogP contribution in [-0.2, 0) is 4.79 Å². The number of halogens is 1. The van der Waals surface area contributed by atoms with Crippen LogP contribution < -0.4 is 15.8 Å². The Balaban J connectivity index is 0.00000200. The maximum atomic E-state index is 12.0. The van der Waals surface area contributed by atoms with Gasteiger partial charge in [0.05, 0.1) is 12.8 Å². The zero-order chi connectivity index (χ0) is 13.8. The molecule has 1 saturated carbocycles. The average Bonchev–Trinajstić information content (AvgIpc) is 2.77. The normalized spacial score (nSPS) is 21.1. The summed E-state index contributed by atoms with van der Waals surface area (Å²) in [5, 5.41) is 2.92. The van der Waals surface area contributed by atoms with Crippen molar-refractivity contribution < 1.29 is 9.53 Å². The number of nitrogens with two attached hydrogens (primary N) is 1. The van der Waals surface area contributed by atoms with Crippen LogP contribution in [0.25, 0.3) is 0 Å². The van der Waals surface area contributed by atoms with Crippen molar-refractivity contribution in [3.05, 3.63) is 23.8 Å². The zero-order valence-corrected chi connectivity index (χ0v) is 12.8. The van der Waals surface area contributed by atoms with Crippen molar-refractivity contribution in [1.82, 2.24) is 0 Å². The third-order valence-electron chi connectivity index (χ3n) is 3.80. The molecule has 2 atom stereocenters. The number of methoxy groups -OCH3 is 1. The Kier molecular flexibility index (Phi) is 6.30. The van der Waals surface area contributed by atoms with Gasteiger partial charge in [-0.3, -0.25) is 4.79 Å². The lowest BCUT2D eigenvalue weighted by atomic mass is 10.00. The molecule has 0 spiro atoms. The second-order valence-corrected chi connectivity index (χ2v) is 5.31. The van der Waals surface area contributed by atoms with E-state index in [1.165, 1.54) is 0 Å². The highest BCUT2D eigenvalue weighted by atomic mass is 35.5. The van der Waals surface area contributed by atoms with Gasteiger partial charge in [0.1, 0.15) is 5.75 Å².